The fraction of sp³-hybridized carbons (Fsp3) is 0.846. The Morgan fingerprint density at radius 2 is 1.79 bits per heavy atom. The first-order valence-corrected chi connectivity index (χ1v) is 6.73. The lowest BCUT2D eigenvalue weighted by Gasteiger charge is -2.21. The molecule has 19 heavy (non-hydrogen) atoms. The van der Waals surface area contributed by atoms with Gasteiger partial charge in [-0.1, -0.05) is 13.8 Å². The molecule has 0 aliphatic carbocycles. The maximum atomic E-state index is 11.5. The quantitative estimate of drug-likeness (QED) is 0.579. The number of nitrogens with one attached hydrogen (secondary N) is 2. The van der Waals surface area contributed by atoms with Crippen LogP contribution in [0.4, 0.5) is 4.79 Å². The minimum atomic E-state index is -1.01. The Bertz CT molecular complexity index is 293. The summed E-state index contributed by atoms with van der Waals surface area (Å²) < 4.78 is 0. The number of amides is 2. The van der Waals surface area contributed by atoms with E-state index in [1.807, 2.05) is 7.05 Å². The van der Waals surface area contributed by atoms with Crippen molar-refractivity contribution < 1.29 is 14.7 Å². The van der Waals surface area contributed by atoms with E-state index in [4.69, 9.17) is 5.11 Å². The van der Waals surface area contributed by atoms with Gasteiger partial charge in [-0.2, -0.15) is 0 Å². The third kappa shape index (κ3) is 7.66. The van der Waals surface area contributed by atoms with E-state index in [1.165, 1.54) is 0 Å². The van der Waals surface area contributed by atoms with E-state index in [0.29, 0.717) is 12.6 Å². The first-order chi connectivity index (χ1) is 8.75. The summed E-state index contributed by atoms with van der Waals surface area (Å²) in [5.74, 6) is -1.15. The summed E-state index contributed by atoms with van der Waals surface area (Å²) in [4.78, 5) is 24.7. The zero-order valence-electron chi connectivity index (χ0n) is 12.6. The van der Waals surface area contributed by atoms with Crippen molar-refractivity contribution >= 4 is 12.0 Å². The monoisotopic (exact) mass is 273 g/mol. The van der Waals surface area contributed by atoms with Crippen LogP contribution in [0, 0.1) is 5.92 Å². The van der Waals surface area contributed by atoms with E-state index < -0.39 is 18.0 Å². The zero-order chi connectivity index (χ0) is 15.0. The Labute approximate surface area is 115 Å². The van der Waals surface area contributed by atoms with Crippen molar-refractivity contribution in [2.75, 3.05) is 20.1 Å². The molecule has 0 saturated heterocycles. The van der Waals surface area contributed by atoms with Gasteiger partial charge in [-0.05, 0) is 39.8 Å². The van der Waals surface area contributed by atoms with Crippen LogP contribution in [0.2, 0.25) is 0 Å². The van der Waals surface area contributed by atoms with Crippen molar-refractivity contribution in [3.63, 3.8) is 0 Å². The van der Waals surface area contributed by atoms with Crippen LogP contribution < -0.4 is 10.6 Å². The summed E-state index contributed by atoms with van der Waals surface area (Å²) in [5, 5.41) is 14.1. The second-order valence-electron chi connectivity index (χ2n) is 5.39. The highest BCUT2D eigenvalue weighted by Crippen LogP contribution is 2.01. The molecular formula is C13H27N3O3. The van der Waals surface area contributed by atoms with Crippen molar-refractivity contribution in [2.45, 2.75) is 46.2 Å². The molecule has 0 aromatic rings. The van der Waals surface area contributed by atoms with Crippen LogP contribution in [0.3, 0.4) is 0 Å². The van der Waals surface area contributed by atoms with Crippen molar-refractivity contribution in [1.29, 1.82) is 0 Å². The molecule has 0 saturated carbocycles. The normalized spacial score (nSPS) is 12.8. The molecule has 0 radical (unpaired) electrons. The fourth-order valence-electron chi connectivity index (χ4n) is 1.49. The zero-order valence-corrected chi connectivity index (χ0v) is 12.6. The SMILES string of the molecule is CC(C)C(NC(=O)NCCCN(C)C(C)C)C(=O)O. The van der Waals surface area contributed by atoms with E-state index in [1.54, 1.807) is 13.8 Å². The molecule has 1 unspecified atom stereocenters. The maximum absolute atomic E-state index is 11.5. The molecule has 2 amide bonds. The summed E-state index contributed by atoms with van der Waals surface area (Å²) in [7, 11) is 2.03. The molecule has 0 rings (SSSR count). The fourth-order valence-corrected chi connectivity index (χ4v) is 1.49. The van der Waals surface area contributed by atoms with Gasteiger partial charge in [-0.15, -0.1) is 0 Å². The number of hydrogen-bond acceptors (Lipinski definition) is 3. The average Bonchev–Trinajstić information content (AvgIpc) is 2.30. The third-order valence-electron chi connectivity index (χ3n) is 3.07. The molecule has 0 aliphatic rings. The largest absolute Gasteiger partial charge is 0.480 e. The molecule has 0 spiro atoms. The number of rotatable bonds is 8. The van der Waals surface area contributed by atoms with Gasteiger partial charge >= 0.3 is 12.0 Å². The van der Waals surface area contributed by atoms with Crippen molar-refractivity contribution in [1.82, 2.24) is 15.5 Å². The molecule has 6 nitrogen and oxygen atoms in total. The highest BCUT2D eigenvalue weighted by molar-refractivity contribution is 5.82. The number of nitrogens with zero attached hydrogens (tertiary/aromatic N) is 1. The average molecular weight is 273 g/mol. The van der Waals surface area contributed by atoms with Gasteiger partial charge in [-0.25, -0.2) is 9.59 Å². The molecule has 6 heteroatoms. The Morgan fingerprint density at radius 3 is 2.21 bits per heavy atom. The van der Waals surface area contributed by atoms with Gasteiger partial charge in [0.25, 0.3) is 0 Å². The molecule has 0 heterocycles. The van der Waals surface area contributed by atoms with Gasteiger partial charge < -0.3 is 20.6 Å². The number of carboxylic acid groups (broad SMARTS) is 1. The third-order valence-corrected chi connectivity index (χ3v) is 3.07. The van der Waals surface area contributed by atoms with E-state index in [2.05, 4.69) is 29.4 Å². The smallest absolute Gasteiger partial charge is 0.326 e. The topological polar surface area (TPSA) is 81.7 Å². The second-order valence-corrected chi connectivity index (χ2v) is 5.39. The lowest BCUT2D eigenvalue weighted by molar-refractivity contribution is -0.140. The predicted molar refractivity (Wildman–Crippen MR) is 75.2 cm³/mol. The number of carbonyl (C=O) groups excluding carboxylic acids is 1. The Morgan fingerprint density at radius 1 is 1.21 bits per heavy atom. The van der Waals surface area contributed by atoms with Gasteiger partial charge in [0.2, 0.25) is 0 Å². The summed E-state index contributed by atoms with van der Waals surface area (Å²) in [5.41, 5.74) is 0. The molecule has 0 aliphatic heterocycles. The van der Waals surface area contributed by atoms with E-state index >= 15 is 0 Å². The van der Waals surface area contributed by atoms with Crippen LogP contribution >= 0.6 is 0 Å². The molecular weight excluding hydrogens is 246 g/mol. The van der Waals surface area contributed by atoms with Gasteiger partial charge in [0.15, 0.2) is 0 Å². The maximum Gasteiger partial charge on any atom is 0.326 e. The van der Waals surface area contributed by atoms with E-state index in [-0.39, 0.29) is 5.92 Å². The van der Waals surface area contributed by atoms with Gasteiger partial charge in [0, 0.05) is 12.6 Å². The van der Waals surface area contributed by atoms with E-state index in [9.17, 15) is 9.59 Å². The Kier molecular flexibility index (Phi) is 8.14. The molecule has 1 atom stereocenters. The highest BCUT2D eigenvalue weighted by atomic mass is 16.4. The van der Waals surface area contributed by atoms with Crippen molar-refractivity contribution in [2.24, 2.45) is 5.92 Å². The van der Waals surface area contributed by atoms with Crippen molar-refractivity contribution in [3.05, 3.63) is 0 Å². The molecule has 0 aromatic carbocycles. The molecule has 0 fully saturated rings. The number of carbonyl (C=O) groups is 2. The van der Waals surface area contributed by atoms with Crippen LogP contribution in [0.1, 0.15) is 34.1 Å². The van der Waals surface area contributed by atoms with Crippen LogP contribution in [0.15, 0.2) is 0 Å². The molecule has 0 bridgehead atoms. The number of urea groups is 1. The summed E-state index contributed by atoms with van der Waals surface area (Å²) >= 11 is 0. The molecule has 3 N–H and O–H groups in total. The standard InChI is InChI=1S/C13H27N3O3/c1-9(2)11(12(17)18)15-13(19)14-7-6-8-16(5)10(3)4/h9-11H,6-8H2,1-5H3,(H,17,18)(H2,14,15,19). The lowest BCUT2D eigenvalue weighted by Crippen LogP contribution is -2.49. The van der Waals surface area contributed by atoms with Crippen LogP contribution in [-0.4, -0.2) is 54.2 Å². The summed E-state index contributed by atoms with van der Waals surface area (Å²) in [6.45, 7) is 9.17. The van der Waals surface area contributed by atoms with Gasteiger partial charge in [0.05, 0.1) is 0 Å². The first kappa shape index (κ1) is 17.7. The lowest BCUT2D eigenvalue weighted by atomic mass is 10.1. The Hall–Kier alpha value is -1.30. The van der Waals surface area contributed by atoms with Crippen LogP contribution in [0.25, 0.3) is 0 Å². The molecule has 112 valence electrons. The summed E-state index contributed by atoms with van der Waals surface area (Å²) in [6.07, 6.45) is 0.835. The summed E-state index contributed by atoms with van der Waals surface area (Å²) in [6, 6.07) is -0.794. The van der Waals surface area contributed by atoms with Crippen LogP contribution in [-0.2, 0) is 4.79 Å². The van der Waals surface area contributed by atoms with Crippen LogP contribution in [0.5, 0.6) is 0 Å². The van der Waals surface area contributed by atoms with Gasteiger partial charge in [0.1, 0.15) is 6.04 Å². The molecule has 0 aromatic heterocycles. The number of aliphatic carboxylic acids is 1. The van der Waals surface area contributed by atoms with Crippen molar-refractivity contribution in [3.8, 4) is 0 Å². The number of hydrogen-bond donors (Lipinski definition) is 3. The highest BCUT2D eigenvalue weighted by Gasteiger charge is 2.22. The van der Waals surface area contributed by atoms with Gasteiger partial charge in [-0.3, -0.25) is 0 Å². The minimum Gasteiger partial charge on any atom is -0.480 e. The minimum absolute atomic E-state index is 0.143. The first-order valence-electron chi connectivity index (χ1n) is 6.73. The Balaban J connectivity index is 3.90. The predicted octanol–water partition coefficient (Wildman–Crippen LogP) is 1.13. The van der Waals surface area contributed by atoms with E-state index in [0.717, 1.165) is 13.0 Å². The second kappa shape index (κ2) is 8.74. The number of carboxylic acids is 1.